The number of nitrogens with zero attached hydrogens (tertiary/aromatic N) is 1. The lowest BCUT2D eigenvalue weighted by molar-refractivity contribution is -0.142. The van der Waals surface area contributed by atoms with Crippen LogP contribution in [0, 0.1) is 17.8 Å². The van der Waals surface area contributed by atoms with Crippen LogP contribution in [0.3, 0.4) is 0 Å². The first-order valence-corrected chi connectivity index (χ1v) is 16.9. The van der Waals surface area contributed by atoms with Gasteiger partial charge >= 0.3 is 6.09 Å². The Labute approximate surface area is 250 Å². The van der Waals surface area contributed by atoms with Gasteiger partial charge in [0.15, 0.2) is 0 Å². The number of carbonyl (C=O) groups excluding carboxylic acids is 4. The van der Waals surface area contributed by atoms with E-state index in [1.54, 1.807) is 27.7 Å². The van der Waals surface area contributed by atoms with E-state index in [4.69, 9.17) is 4.74 Å². The van der Waals surface area contributed by atoms with Crippen LogP contribution in [0.4, 0.5) is 4.79 Å². The molecule has 236 valence electrons. The molecule has 1 saturated heterocycles. The van der Waals surface area contributed by atoms with Crippen LogP contribution in [-0.4, -0.2) is 71.6 Å². The fourth-order valence-corrected chi connectivity index (χ4v) is 7.49. The van der Waals surface area contributed by atoms with E-state index >= 15 is 0 Å². The fraction of sp³-hybridized carbons (Fsp3) is 0.800. The second-order valence-corrected chi connectivity index (χ2v) is 16.2. The van der Waals surface area contributed by atoms with Crippen LogP contribution in [-0.2, 0) is 29.1 Å². The van der Waals surface area contributed by atoms with Crippen LogP contribution in [0.25, 0.3) is 0 Å². The smallest absolute Gasteiger partial charge is 0.408 e. The Morgan fingerprint density at radius 3 is 2.50 bits per heavy atom. The minimum atomic E-state index is -3.90. The molecule has 2 aliphatic heterocycles. The number of nitrogens with one attached hydrogen (secondary N) is 3. The Balaban J connectivity index is 1.62. The van der Waals surface area contributed by atoms with Crippen LogP contribution in [0.15, 0.2) is 12.2 Å². The second kappa shape index (κ2) is 11.8. The first-order valence-electron chi connectivity index (χ1n) is 15.4. The van der Waals surface area contributed by atoms with E-state index in [1.807, 2.05) is 19.1 Å². The van der Waals surface area contributed by atoms with Gasteiger partial charge in [0.25, 0.3) is 5.91 Å². The standard InChI is InChI=1S/C30H48N4O7S/c1-7-20-17-19(2)11-8-9-12-21-18-30(21,26(37)33-42(39,40)29(6)14-15-29)32-24(35)22-13-10-16-34(22)25(36)23(20)31-27(38)41-28(3,4)5/h9,12,19-23H,7-8,10-11,13-18H2,1-6H3,(H,31,38)(H,32,35)(H,33,37)/b12-9-/t19?,20-,21-,22+,23+,30-/m1/s1. The maximum absolute atomic E-state index is 14.1. The predicted molar refractivity (Wildman–Crippen MR) is 158 cm³/mol. The average molecular weight is 609 g/mol. The van der Waals surface area contributed by atoms with Crippen molar-refractivity contribution in [1.82, 2.24) is 20.3 Å². The fourth-order valence-electron chi connectivity index (χ4n) is 6.18. The first kappa shape index (κ1) is 32.3. The minimum absolute atomic E-state index is 0.169. The quantitative estimate of drug-likeness (QED) is 0.406. The second-order valence-electron chi connectivity index (χ2n) is 14.0. The van der Waals surface area contributed by atoms with Gasteiger partial charge in [-0.15, -0.1) is 0 Å². The van der Waals surface area contributed by atoms with Crippen molar-refractivity contribution in [2.24, 2.45) is 17.8 Å². The zero-order chi connectivity index (χ0) is 31.1. The summed E-state index contributed by atoms with van der Waals surface area (Å²) in [5.74, 6) is -1.85. The first-order chi connectivity index (χ1) is 19.5. The summed E-state index contributed by atoms with van der Waals surface area (Å²) in [5.41, 5.74) is -2.14. The molecule has 1 unspecified atom stereocenters. The predicted octanol–water partition coefficient (Wildman–Crippen LogP) is 3.15. The van der Waals surface area contributed by atoms with E-state index in [9.17, 15) is 27.6 Å². The summed E-state index contributed by atoms with van der Waals surface area (Å²) in [6, 6.07) is -1.72. The molecule has 0 bridgehead atoms. The number of fused-ring (bicyclic) bond motifs is 2. The summed E-state index contributed by atoms with van der Waals surface area (Å²) in [6.45, 7) is 11.3. The number of hydrogen-bond donors (Lipinski definition) is 3. The normalized spacial score (nSPS) is 34.0. The average Bonchev–Trinajstić information content (AvgIpc) is 3.74. The Hall–Kier alpha value is -2.63. The van der Waals surface area contributed by atoms with Gasteiger partial charge in [-0.25, -0.2) is 13.2 Å². The number of ether oxygens (including phenoxy) is 1. The molecule has 0 aromatic heterocycles. The Kier molecular flexibility index (Phi) is 9.08. The van der Waals surface area contributed by atoms with Gasteiger partial charge in [0, 0.05) is 12.5 Å². The van der Waals surface area contributed by atoms with Gasteiger partial charge in [0.05, 0.1) is 4.75 Å². The highest BCUT2D eigenvalue weighted by atomic mass is 32.2. The molecule has 2 heterocycles. The van der Waals surface area contributed by atoms with Crippen LogP contribution in [0.1, 0.15) is 99.3 Å². The number of hydrogen-bond acceptors (Lipinski definition) is 7. The topological polar surface area (TPSA) is 151 Å². The van der Waals surface area contributed by atoms with E-state index in [0.29, 0.717) is 45.1 Å². The SMILES string of the molecule is CC[C@@H]1CC(C)CC/C=C\[C@@H]2C[C@@]2(C(=O)NS(=O)(=O)C2(C)CC2)NC(=O)[C@@H]2CCCN2C(=O)[C@H]1NC(=O)OC(C)(C)C. The summed E-state index contributed by atoms with van der Waals surface area (Å²) in [4.78, 5) is 55.7. The van der Waals surface area contributed by atoms with Gasteiger partial charge in [-0.1, -0.05) is 32.4 Å². The number of alkyl carbamates (subject to hydrolysis) is 1. The zero-order valence-electron chi connectivity index (χ0n) is 25.8. The van der Waals surface area contributed by atoms with Gasteiger partial charge in [0.2, 0.25) is 21.8 Å². The van der Waals surface area contributed by atoms with Crippen LogP contribution < -0.4 is 15.4 Å². The van der Waals surface area contributed by atoms with Crippen LogP contribution >= 0.6 is 0 Å². The van der Waals surface area contributed by atoms with Crippen molar-refractivity contribution in [3.8, 4) is 0 Å². The molecular formula is C30H48N4O7S. The molecule has 3 fully saturated rings. The molecule has 4 amide bonds. The maximum atomic E-state index is 14.1. The highest BCUT2D eigenvalue weighted by molar-refractivity contribution is 7.91. The van der Waals surface area contributed by atoms with E-state index < -0.39 is 55.9 Å². The lowest BCUT2D eigenvalue weighted by Crippen LogP contribution is -2.59. The third-order valence-electron chi connectivity index (χ3n) is 9.27. The van der Waals surface area contributed by atoms with E-state index in [0.717, 1.165) is 12.8 Å². The molecule has 2 saturated carbocycles. The molecule has 0 spiro atoms. The molecule has 11 nitrogen and oxygen atoms in total. The molecule has 4 aliphatic rings. The van der Waals surface area contributed by atoms with Gasteiger partial charge in [-0.2, -0.15) is 0 Å². The number of rotatable bonds is 5. The molecule has 0 aromatic carbocycles. The summed E-state index contributed by atoms with van der Waals surface area (Å²) in [7, 11) is -3.90. The maximum Gasteiger partial charge on any atom is 0.408 e. The van der Waals surface area contributed by atoms with Gasteiger partial charge in [0.1, 0.15) is 23.2 Å². The van der Waals surface area contributed by atoms with Crippen molar-refractivity contribution in [2.75, 3.05) is 6.54 Å². The molecular weight excluding hydrogens is 560 g/mol. The highest BCUT2D eigenvalue weighted by Crippen LogP contribution is 2.47. The molecule has 12 heteroatoms. The Bertz CT molecular complexity index is 1220. The largest absolute Gasteiger partial charge is 0.444 e. The number of amides is 4. The summed E-state index contributed by atoms with van der Waals surface area (Å²) in [6.07, 6.45) is 8.34. The van der Waals surface area contributed by atoms with Crippen LogP contribution in [0.5, 0.6) is 0 Å². The van der Waals surface area contributed by atoms with E-state index in [2.05, 4.69) is 22.3 Å². The van der Waals surface area contributed by atoms with Crippen molar-refractivity contribution in [3.05, 3.63) is 12.2 Å². The molecule has 0 aromatic rings. The molecule has 0 radical (unpaired) electrons. The lowest BCUT2D eigenvalue weighted by atomic mass is 9.85. The molecule has 4 rings (SSSR count). The minimum Gasteiger partial charge on any atom is -0.444 e. The van der Waals surface area contributed by atoms with Crippen LogP contribution in [0.2, 0.25) is 0 Å². The van der Waals surface area contributed by atoms with Gasteiger partial charge < -0.3 is 20.3 Å². The third kappa shape index (κ3) is 6.94. The monoisotopic (exact) mass is 608 g/mol. The summed E-state index contributed by atoms with van der Waals surface area (Å²) < 4.78 is 32.5. The summed E-state index contributed by atoms with van der Waals surface area (Å²) in [5, 5.41) is 5.70. The lowest BCUT2D eigenvalue weighted by Gasteiger charge is -2.34. The van der Waals surface area contributed by atoms with E-state index in [1.165, 1.54) is 4.90 Å². The number of sulfonamides is 1. The van der Waals surface area contributed by atoms with Crippen molar-refractivity contribution in [2.45, 2.75) is 127 Å². The Morgan fingerprint density at radius 2 is 1.88 bits per heavy atom. The van der Waals surface area contributed by atoms with Crippen molar-refractivity contribution in [3.63, 3.8) is 0 Å². The number of carbonyl (C=O) groups is 4. The van der Waals surface area contributed by atoms with Crippen molar-refractivity contribution < 1.29 is 32.3 Å². The van der Waals surface area contributed by atoms with Gasteiger partial charge in [-0.3, -0.25) is 19.1 Å². The number of allylic oxidation sites excluding steroid dienone is 1. The Morgan fingerprint density at radius 1 is 1.19 bits per heavy atom. The van der Waals surface area contributed by atoms with Crippen molar-refractivity contribution in [1.29, 1.82) is 0 Å². The van der Waals surface area contributed by atoms with Gasteiger partial charge in [-0.05, 0) is 90.9 Å². The zero-order valence-corrected chi connectivity index (χ0v) is 26.6. The highest BCUT2D eigenvalue weighted by Gasteiger charge is 2.63. The van der Waals surface area contributed by atoms with Crippen molar-refractivity contribution >= 4 is 33.8 Å². The summed E-state index contributed by atoms with van der Waals surface area (Å²) >= 11 is 0. The molecule has 6 atom stereocenters. The molecule has 3 N–H and O–H groups in total. The van der Waals surface area contributed by atoms with E-state index in [-0.39, 0.29) is 30.1 Å². The third-order valence-corrected chi connectivity index (χ3v) is 11.4. The molecule has 42 heavy (non-hydrogen) atoms. The molecule has 2 aliphatic carbocycles.